The van der Waals surface area contributed by atoms with Crippen LogP contribution in [0.2, 0.25) is 0 Å². The fourth-order valence-electron chi connectivity index (χ4n) is 3.84. The first kappa shape index (κ1) is 21.7. The first-order valence-electron chi connectivity index (χ1n) is 10.8. The van der Waals surface area contributed by atoms with E-state index in [-0.39, 0.29) is 22.8 Å². The second kappa shape index (κ2) is 7.89. The van der Waals surface area contributed by atoms with Crippen molar-refractivity contribution in [3.63, 3.8) is 0 Å². The number of aromatic nitrogens is 4. The minimum atomic E-state index is -0.279. The van der Waals surface area contributed by atoms with Crippen molar-refractivity contribution in [2.24, 2.45) is 5.41 Å². The van der Waals surface area contributed by atoms with E-state index < -0.39 is 0 Å². The molecular weight excluding hydrogens is 402 g/mol. The van der Waals surface area contributed by atoms with E-state index in [0.29, 0.717) is 29.0 Å². The van der Waals surface area contributed by atoms with E-state index in [2.05, 4.69) is 41.2 Å². The van der Waals surface area contributed by atoms with E-state index >= 15 is 0 Å². The second-order valence-electron chi connectivity index (χ2n) is 9.82. The van der Waals surface area contributed by atoms with E-state index in [1.165, 1.54) is 4.52 Å². The normalized spacial score (nSPS) is 12.1. The monoisotopic (exact) mass is 431 g/mol. The van der Waals surface area contributed by atoms with Crippen LogP contribution in [0.5, 0.6) is 0 Å². The molecule has 166 valence electrons. The summed E-state index contributed by atoms with van der Waals surface area (Å²) in [5.74, 6) is -0.309. The number of benzene rings is 1. The zero-order valence-electron chi connectivity index (χ0n) is 19.4. The van der Waals surface area contributed by atoms with Crippen molar-refractivity contribution in [3.05, 3.63) is 63.8 Å². The number of carbonyl (C=O) groups is 1. The molecular formula is C25H29N5O2. The predicted molar refractivity (Wildman–Crippen MR) is 127 cm³/mol. The summed E-state index contributed by atoms with van der Waals surface area (Å²) in [6.07, 6.45) is 3.49. The van der Waals surface area contributed by atoms with Gasteiger partial charge in [0, 0.05) is 29.3 Å². The lowest BCUT2D eigenvalue weighted by Gasteiger charge is -2.18. The standard InChI is InChI=1S/C25H29N5O2/c1-14(2)20-21(23(31)27-13-25(4,5)6)29-30-12-19(28-24(32)22(20)30)16-10-17-15(3)8-7-9-18(17)26-11-16/h7-12,14H,13H2,1-6H3,(H,27,31)(H,28,32). The highest BCUT2D eigenvalue weighted by Gasteiger charge is 2.25. The number of hydrogen-bond donors (Lipinski definition) is 2. The molecule has 0 spiro atoms. The molecule has 7 nitrogen and oxygen atoms in total. The van der Waals surface area contributed by atoms with Crippen LogP contribution in [-0.4, -0.2) is 32.0 Å². The third-order valence-corrected chi connectivity index (χ3v) is 5.49. The number of nitrogens with zero attached hydrogens (tertiary/aromatic N) is 3. The number of aryl methyl sites for hydroxylation is 1. The molecule has 3 aromatic heterocycles. The van der Waals surface area contributed by atoms with Gasteiger partial charge in [-0.15, -0.1) is 0 Å². The van der Waals surface area contributed by atoms with Crippen LogP contribution in [0, 0.1) is 12.3 Å². The lowest BCUT2D eigenvalue weighted by molar-refractivity contribution is 0.0932. The van der Waals surface area contributed by atoms with Crippen molar-refractivity contribution in [3.8, 4) is 11.3 Å². The third-order valence-electron chi connectivity index (χ3n) is 5.49. The molecule has 1 aromatic carbocycles. The Labute approximate surface area is 186 Å². The molecule has 2 N–H and O–H groups in total. The second-order valence-corrected chi connectivity index (χ2v) is 9.82. The van der Waals surface area contributed by atoms with Crippen LogP contribution in [0.1, 0.15) is 62.2 Å². The maximum atomic E-state index is 13.1. The topological polar surface area (TPSA) is 92.2 Å². The van der Waals surface area contributed by atoms with Gasteiger partial charge in [0.25, 0.3) is 11.5 Å². The van der Waals surface area contributed by atoms with Crippen molar-refractivity contribution in [2.45, 2.75) is 47.5 Å². The maximum Gasteiger partial charge on any atom is 0.274 e. The number of aromatic amines is 1. The molecule has 0 radical (unpaired) electrons. The zero-order chi connectivity index (χ0) is 23.2. The van der Waals surface area contributed by atoms with E-state index in [1.54, 1.807) is 12.4 Å². The number of H-pyrrole nitrogens is 1. The molecule has 4 rings (SSSR count). The van der Waals surface area contributed by atoms with Gasteiger partial charge in [0.15, 0.2) is 5.69 Å². The van der Waals surface area contributed by atoms with Crippen molar-refractivity contribution >= 4 is 22.3 Å². The molecule has 0 atom stereocenters. The van der Waals surface area contributed by atoms with Crippen LogP contribution in [0.15, 0.2) is 41.5 Å². The molecule has 32 heavy (non-hydrogen) atoms. The fourth-order valence-corrected chi connectivity index (χ4v) is 3.84. The Balaban J connectivity index is 1.84. The van der Waals surface area contributed by atoms with Crippen LogP contribution in [0.25, 0.3) is 27.7 Å². The van der Waals surface area contributed by atoms with E-state index in [1.807, 2.05) is 45.0 Å². The first-order chi connectivity index (χ1) is 15.0. The molecule has 0 saturated carbocycles. The SMILES string of the molecule is Cc1cccc2ncc(-c3cn4nc(C(=O)NCC(C)(C)C)c(C(C)C)c4c(=O)[nH]3)cc12. The molecule has 0 aliphatic rings. The summed E-state index contributed by atoms with van der Waals surface area (Å²) in [6.45, 7) is 12.6. The minimum Gasteiger partial charge on any atom is -0.350 e. The van der Waals surface area contributed by atoms with Crippen molar-refractivity contribution < 1.29 is 4.79 Å². The van der Waals surface area contributed by atoms with Crippen molar-refractivity contribution in [2.75, 3.05) is 6.54 Å². The number of hydrogen-bond acceptors (Lipinski definition) is 4. The molecule has 0 saturated heterocycles. The maximum absolute atomic E-state index is 13.1. The number of carbonyl (C=O) groups excluding carboxylic acids is 1. The number of amides is 1. The van der Waals surface area contributed by atoms with Gasteiger partial charge in [0.05, 0.1) is 17.4 Å². The molecule has 0 unspecified atom stereocenters. The van der Waals surface area contributed by atoms with Gasteiger partial charge >= 0.3 is 0 Å². The van der Waals surface area contributed by atoms with Gasteiger partial charge in [-0.1, -0.05) is 46.8 Å². The lowest BCUT2D eigenvalue weighted by Crippen LogP contribution is -2.33. The highest BCUT2D eigenvalue weighted by atomic mass is 16.2. The van der Waals surface area contributed by atoms with Crippen LogP contribution in [0.3, 0.4) is 0 Å². The van der Waals surface area contributed by atoms with Crippen LogP contribution in [0.4, 0.5) is 0 Å². The predicted octanol–water partition coefficient (Wildman–Crippen LogP) is 4.45. The molecule has 0 aliphatic heterocycles. The summed E-state index contributed by atoms with van der Waals surface area (Å²) in [4.78, 5) is 33.5. The van der Waals surface area contributed by atoms with Gasteiger partial charge in [-0.2, -0.15) is 5.10 Å². The summed E-state index contributed by atoms with van der Waals surface area (Å²) >= 11 is 0. The summed E-state index contributed by atoms with van der Waals surface area (Å²) in [5, 5.41) is 8.50. The van der Waals surface area contributed by atoms with E-state index in [0.717, 1.165) is 22.0 Å². The number of rotatable bonds is 4. The summed E-state index contributed by atoms with van der Waals surface area (Å²) in [6, 6.07) is 7.98. The summed E-state index contributed by atoms with van der Waals surface area (Å²) < 4.78 is 1.53. The Morgan fingerprint density at radius 3 is 2.69 bits per heavy atom. The molecule has 0 aliphatic carbocycles. The van der Waals surface area contributed by atoms with Crippen LogP contribution < -0.4 is 10.9 Å². The Morgan fingerprint density at radius 1 is 1.25 bits per heavy atom. The Hall–Kier alpha value is -3.48. The smallest absolute Gasteiger partial charge is 0.274 e. The molecule has 4 aromatic rings. The first-order valence-corrected chi connectivity index (χ1v) is 10.8. The zero-order valence-corrected chi connectivity index (χ0v) is 19.4. The molecule has 0 bridgehead atoms. The van der Waals surface area contributed by atoms with Crippen LogP contribution in [-0.2, 0) is 0 Å². The van der Waals surface area contributed by atoms with E-state index in [9.17, 15) is 9.59 Å². The summed E-state index contributed by atoms with van der Waals surface area (Å²) in [5.41, 5.74) is 4.39. The Kier molecular flexibility index (Phi) is 5.36. The number of pyridine rings is 1. The molecule has 1 amide bonds. The highest BCUT2D eigenvalue weighted by molar-refractivity contribution is 5.96. The van der Waals surface area contributed by atoms with Gasteiger partial charge in [0.2, 0.25) is 0 Å². The van der Waals surface area contributed by atoms with Gasteiger partial charge < -0.3 is 10.3 Å². The quantitative estimate of drug-likeness (QED) is 0.499. The fraction of sp³-hybridized carbons (Fsp3) is 0.360. The van der Waals surface area contributed by atoms with Gasteiger partial charge in [-0.25, -0.2) is 4.52 Å². The Bertz CT molecular complexity index is 1390. The van der Waals surface area contributed by atoms with Crippen LogP contribution >= 0.6 is 0 Å². The average Bonchev–Trinajstić information content (AvgIpc) is 3.12. The Morgan fingerprint density at radius 2 is 2.00 bits per heavy atom. The lowest BCUT2D eigenvalue weighted by atomic mass is 9.96. The third kappa shape index (κ3) is 4.02. The van der Waals surface area contributed by atoms with Gasteiger partial charge in [-0.3, -0.25) is 14.6 Å². The number of nitrogens with one attached hydrogen (secondary N) is 2. The van der Waals surface area contributed by atoms with Gasteiger partial charge in [-0.05, 0) is 36.0 Å². The molecule has 3 heterocycles. The van der Waals surface area contributed by atoms with Crippen molar-refractivity contribution in [1.29, 1.82) is 0 Å². The largest absolute Gasteiger partial charge is 0.350 e. The van der Waals surface area contributed by atoms with E-state index in [4.69, 9.17) is 0 Å². The number of fused-ring (bicyclic) bond motifs is 2. The highest BCUT2D eigenvalue weighted by Crippen LogP contribution is 2.26. The average molecular weight is 432 g/mol. The molecule has 7 heteroatoms. The summed E-state index contributed by atoms with van der Waals surface area (Å²) in [7, 11) is 0. The molecule has 0 fully saturated rings. The minimum absolute atomic E-state index is 0.0418. The van der Waals surface area contributed by atoms with Crippen molar-refractivity contribution in [1.82, 2.24) is 24.9 Å². The van der Waals surface area contributed by atoms with Gasteiger partial charge in [0.1, 0.15) is 5.52 Å².